The Labute approximate surface area is 199 Å². The van der Waals surface area contributed by atoms with Crippen molar-refractivity contribution in [2.75, 3.05) is 7.11 Å². The van der Waals surface area contributed by atoms with Crippen LogP contribution in [-0.4, -0.2) is 23.6 Å². The van der Waals surface area contributed by atoms with Crippen molar-refractivity contribution in [3.63, 3.8) is 0 Å². The lowest BCUT2D eigenvalue weighted by molar-refractivity contribution is -0.136. The third-order valence-corrected chi connectivity index (χ3v) is 6.22. The van der Waals surface area contributed by atoms with Crippen LogP contribution in [0.25, 0.3) is 12.2 Å². The molecule has 0 spiro atoms. The van der Waals surface area contributed by atoms with Gasteiger partial charge in [-0.2, -0.15) is 0 Å². The fraction of sp³-hybridized carbons (Fsp3) is 0.154. The second kappa shape index (κ2) is 9.84. The average Bonchev–Trinajstić information content (AvgIpc) is 3.13. The summed E-state index contributed by atoms with van der Waals surface area (Å²) in [6.07, 6.45) is 5.47. The van der Waals surface area contributed by atoms with Crippen LogP contribution < -0.4 is 19.6 Å². The summed E-state index contributed by atoms with van der Waals surface area (Å²) in [5, 5.41) is 0. The minimum Gasteiger partial charge on any atom is -0.466 e. The Morgan fingerprint density at radius 3 is 2.44 bits per heavy atom. The number of hydrogen-bond acceptors (Lipinski definition) is 7. The maximum atomic E-state index is 13.4. The smallest absolute Gasteiger partial charge is 0.338 e. The standard InChI is InChI=1S/C26H22N2O5S/c1-16-22(25(31)32-3)23(19-12-14-20(15-13-19)33-17(2)29)28-24(30)21(34-26(28)27-16)11-7-10-18-8-5-4-6-9-18/h4-15,23H,1-3H3/b10-7-,21-11?/t23-/m0/s1. The Bertz CT molecular complexity index is 1480. The predicted octanol–water partition coefficient (Wildman–Crippen LogP) is 3.00. The zero-order chi connectivity index (χ0) is 24.2. The lowest BCUT2D eigenvalue weighted by Gasteiger charge is -2.24. The van der Waals surface area contributed by atoms with Crippen LogP contribution >= 0.6 is 11.3 Å². The molecular weight excluding hydrogens is 452 g/mol. The zero-order valence-corrected chi connectivity index (χ0v) is 19.7. The van der Waals surface area contributed by atoms with Gasteiger partial charge in [-0.3, -0.25) is 14.2 Å². The largest absolute Gasteiger partial charge is 0.466 e. The number of carbonyl (C=O) groups excluding carboxylic acids is 2. The van der Waals surface area contributed by atoms with Crippen LogP contribution in [0.15, 0.2) is 81.7 Å². The highest BCUT2D eigenvalue weighted by atomic mass is 32.1. The quantitative estimate of drug-likeness (QED) is 0.419. The summed E-state index contributed by atoms with van der Waals surface area (Å²) >= 11 is 1.25. The SMILES string of the molecule is COC(=O)C1=C(C)N=c2sc(=C/C=C\c3ccccc3)c(=O)n2[C@H]1c1ccc(OC(C)=O)cc1. The minimum absolute atomic E-state index is 0.260. The first-order chi connectivity index (χ1) is 16.4. The number of thiazole rings is 1. The molecule has 1 aliphatic heterocycles. The summed E-state index contributed by atoms with van der Waals surface area (Å²) in [7, 11) is 1.29. The monoisotopic (exact) mass is 474 g/mol. The molecule has 172 valence electrons. The van der Waals surface area contributed by atoms with Crippen molar-refractivity contribution in [1.82, 2.24) is 4.57 Å². The molecule has 8 heteroatoms. The molecule has 2 aromatic carbocycles. The van der Waals surface area contributed by atoms with E-state index in [0.29, 0.717) is 26.3 Å². The molecule has 0 saturated carbocycles. The van der Waals surface area contributed by atoms with Gasteiger partial charge in [0.05, 0.1) is 29.0 Å². The highest BCUT2D eigenvalue weighted by Crippen LogP contribution is 2.31. The van der Waals surface area contributed by atoms with Crippen molar-refractivity contribution in [3.05, 3.63) is 103 Å². The maximum absolute atomic E-state index is 13.4. The molecule has 0 amide bonds. The first-order valence-corrected chi connectivity index (χ1v) is 11.3. The molecule has 34 heavy (non-hydrogen) atoms. The zero-order valence-electron chi connectivity index (χ0n) is 18.8. The van der Waals surface area contributed by atoms with Gasteiger partial charge in [-0.15, -0.1) is 0 Å². The molecule has 1 atom stereocenters. The summed E-state index contributed by atoms with van der Waals surface area (Å²) in [5.74, 6) is -0.626. The lowest BCUT2D eigenvalue weighted by Crippen LogP contribution is -2.39. The predicted molar refractivity (Wildman–Crippen MR) is 130 cm³/mol. The Kier molecular flexibility index (Phi) is 6.70. The third kappa shape index (κ3) is 4.67. The van der Waals surface area contributed by atoms with Gasteiger partial charge in [0, 0.05) is 6.92 Å². The van der Waals surface area contributed by atoms with Crippen LogP contribution in [0.4, 0.5) is 0 Å². The Morgan fingerprint density at radius 2 is 1.79 bits per heavy atom. The van der Waals surface area contributed by atoms with E-state index < -0.39 is 18.0 Å². The van der Waals surface area contributed by atoms with Crippen LogP contribution in [0.5, 0.6) is 5.75 Å². The third-order valence-electron chi connectivity index (χ3n) is 5.22. The van der Waals surface area contributed by atoms with Gasteiger partial charge in [-0.1, -0.05) is 66.0 Å². The molecule has 0 radical (unpaired) electrons. The van der Waals surface area contributed by atoms with E-state index in [9.17, 15) is 14.4 Å². The second-order valence-electron chi connectivity index (χ2n) is 7.53. The minimum atomic E-state index is -0.727. The van der Waals surface area contributed by atoms with Gasteiger partial charge >= 0.3 is 11.9 Å². The molecule has 3 aromatic rings. The van der Waals surface area contributed by atoms with Crippen LogP contribution in [0, 0.1) is 0 Å². The van der Waals surface area contributed by atoms with Gasteiger partial charge in [0.25, 0.3) is 5.56 Å². The topological polar surface area (TPSA) is 87.0 Å². The molecule has 7 nitrogen and oxygen atoms in total. The van der Waals surface area contributed by atoms with E-state index in [4.69, 9.17) is 9.47 Å². The number of fused-ring (bicyclic) bond motifs is 1. The van der Waals surface area contributed by atoms with E-state index in [1.165, 1.54) is 29.9 Å². The highest BCUT2D eigenvalue weighted by molar-refractivity contribution is 7.07. The summed E-state index contributed by atoms with van der Waals surface area (Å²) < 4.78 is 12.1. The second-order valence-corrected chi connectivity index (χ2v) is 8.54. The normalized spacial score (nSPS) is 15.7. The van der Waals surface area contributed by atoms with Gasteiger partial charge in [0.15, 0.2) is 4.80 Å². The number of esters is 2. The van der Waals surface area contributed by atoms with Gasteiger partial charge < -0.3 is 9.47 Å². The van der Waals surface area contributed by atoms with Gasteiger partial charge in [0.1, 0.15) is 5.75 Å². The molecule has 0 saturated heterocycles. The van der Waals surface area contributed by atoms with Crippen molar-refractivity contribution in [2.24, 2.45) is 4.99 Å². The number of ether oxygens (including phenoxy) is 2. The molecule has 1 aliphatic rings. The van der Waals surface area contributed by atoms with Crippen molar-refractivity contribution >= 4 is 35.4 Å². The molecule has 0 N–H and O–H groups in total. The number of methoxy groups -OCH3 is 1. The van der Waals surface area contributed by atoms with E-state index in [0.717, 1.165) is 5.56 Å². The van der Waals surface area contributed by atoms with Crippen molar-refractivity contribution < 1.29 is 19.1 Å². The fourth-order valence-electron chi connectivity index (χ4n) is 3.72. The van der Waals surface area contributed by atoms with Gasteiger partial charge in [0.2, 0.25) is 0 Å². The number of aromatic nitrogens is 1. The van der Waals surface area contributed by atoms with Crippen molar-refractivity contribution in [3.8, 4) is 5.75 Å². The lowest BCUT2D eigenvalue weighted by atomic mass is 9.96. The van der Waals surface area contributed by atoms with E-state index >= 15 is 0 Å². The molecule has 0 bridgehead atoms. The van der Waals surface area contributed by atoms with Crippen LogP contribution in [0.1, 0.15) is 31.0 Å². The molecule has 2 heterocycles. The highest BCUT2D eigenvalue weighted by Gasteiger charge is 2.33. The molecule has 0 fully saturated rings. The first kappa shape index (κ1) is 23.1. The van der Waals surface area contributed by atoms with E-state index in [2.05, 4.69) is 4.99 Å². The Hall–Kier alpha value is -4.04. The van der Waals surface area contributed by atoms with Crippen LogP contribution in [-0.2, 0) is 14.3 Å². The van der Waals surface area contributed by atoms with Crippen LogP contribution in [0.2, 0.25) is 0 Å². The number of rotatable bonds is 5. The fourth-order valence-corrected chi connectivity index (χ4v) is 4.72. The summed E-state index contributed by atoms with van der Waals surface area (Å²) in [6.45, 7) is 3.04. The molecule has 0 aliphatic carbocycles. The summed E-state index contributed by atoms with van der Waals surface area (Å²) in [4.78, 5) is 42.4. The molecular formula is C26H22N2O5S. The molecule has 4 rings (SSSR count). The molecule has 1 aromatic heterocycles. The van der Waals surface area contributed by atoms with E-state index in [1.54, 1.807) is 37.3 Å². The number of carbonyl (C=O) groups is 2. The van der Waals surface area contributed by atoms with Crippen molar-refractivity contribution in [1.29, 1.82) is 0 Å². The average molecular weight is 475 g/mol. The molecule has 0 unspecified atom stereocenters. The van der Waals surface area contributed by atoms with Gasteiger partial charge in [-0.05, 0) is 36.3 Å². The van der Waals surface area contributed by atoms with Gasteiger partial charge in [-0.25, -0.2) is 9.79 Å². The number of nitrogens with zero attached hydrogens (tertiary/aromatic N) is 2. The Morgan fingerprint density at radius 1 is 1.09 bits per heavy atom. The number of hydrogen-bond donors (Lipinski definition) is 0. The van der Waals surface area contributed by atoms with E-state index in [1.807, 2.05) is 42.5 Å². The summed E-state index contributed by atoms with van der Waals surface area (Å²) in [6, 6.07) is 15.7. The van der Waals surface area contributed by atoms with E-state index in [-0.39, 0.29) is 11.1 Å². The summed E-state index contributed by atoms with van der Waals surface area (Å²) in [5.41, 5.74) is 2.18. The number of benzene rings is 2. The maximum Gasteiger partial charge on any atom is 0.338 e. The number of allylic oxidation sites excluding steroid dienone is 2. The first-order valence-electron chi connectivity index (χ1n) is 10.5. The van der Waals surface area contributed by atoms with Crippen LogP contribution in [0.3, 0.4) is 0 Å². The Balaban J connectivity index is 1.83. The van der Waals surface area contributed by atoms with Crippen molar-refractivity contribution in [2.45, 2.75) is 19.9 Å².